The molecule has 0 N–H and O–H groups in total. The molecule has 1 heterocycles. The molecule has 1 aromatic carbocycles. The lowest BCUT2D eigenvalue weighted by atomic mass is 10.2. The Hall–Kier alpha value is -1.49. The summed E-state index contributed by atoms with van der Waals surface area (Å²) in [6.07, 6.45) is 0. The number of benzene rings is 1. The maximum absolute atomic E-state index is 11.6. The maximum Gasteiger partial charge on any atom is 0.338 e. The monoisotopic (exact) mass is 251 g/mol. The number of nitrogens with zero attached hydrogens (tertiary/aromatic N) is 1. The van der Waals surface area contributed by atoms with E-state index in [1.165, 1.54) is 11.8 Å². The lowest BCUT2D eigenvalue weighted by Crippen LogP contribution is -2.31. The van der Waals surface area contributed by atoms with Crippen molar-refractivity contribution in [1.82, 2.24) is 0 Å². The number of hydrogen-bond acceptors (Lipinski definition) is 4. The Kier molecular flexibility index (Phi) is 3.38. The van der Waals surface area contributed by atoms with E-state index in [1.54, 1.807) is 37.1 Å². The van der Waals surface area contributed by atoms with Crippen molar-refractivity contribution < 1.29 is 14.3 Å². The zero-order valence-corrected chi connectivity index (χ0v) is 10.5. The molecule has 0 fully saturated rings. The van der Waals surface area contributed by atoms with E-state index in [1.807, 2.05) is 0 Å². The molecule has 1 aliphatic heterocycles. The molecule has 1 aliphatic rings. The molecule has 0 aromatic heterocycles. The van der Waals surface area contributed by atoms with E-state index < -0.39 is 0 Å². The summed E-state index contributed by atoms with van der Waals surface area (Å²) in [6.45, 7) is 2.14. The third-order valence-electron chi connectivity index (χ3n) is 2.56. The molecule has 1 aromatic rings. The van der Waals surface area contributed by atoms with Gasteiger partial charge in [0.2, 0.25) is 5.91 Å². The van der Waals surface area contributed by atoms with Crippen molar-refractivity contribution >= 4 is 29.3 Å². The number of carbonyl (C=O) groups is 2. The third-order valence-corrected chi connectivity index (χ3v) is 3.59. The lowest BCUT2D eigenvalue weighted by molar-refractivity contribution is -0.116. The van der Waals surface area contributed by atoms with Gasteiger partial charge >= 0.3 is 5.97 Å². The first-order valence-electron chi connectivity index (χ1n) is 5.34. The second kappa shape index (κ2) is 4.79. The van der Waals surface area contributed by atoms with Crippen LogP contribution in [-0.4, -0.2) is 31.3 Å². The van der Waals surface area contributed by atoms with E-state index in [0.29, 0.717) is 17.9 Å². The number of fused-ring (bicyclic) bond motifs is 1. The Bertz CT molecular complexity index is 473. The molecule has 5 heteroatoms. The molecule has 0 spiro atoms. The highest BCUT2D eigenvalue weighted by atomic mass is 32.2. The molecule has 0 radical (unpaired) electrons. The number of hydrogen-bond donors (Lipinski definition) is 0. The summed E-state index contributed by atoms with van der Waals surface area (Å²) >= 11 is 1.45. The van der Waals surface area contributed by atoms with Gasteiger partial charge in [-0.05, 0) is 25.1 Å². The van der Waals surface area contributed by atoms with Gasteiger partial charge in [-0.1, -0.05) is 0 Å². The average molecular weight is 251 g/mol. The summed E-state index contributed by atoms with van der Waals surface area (Å²) in [6, 6.07) is 5.25. The van der Waals surface area contributed by atoms with Crippen LogP contribution in [0.1, 0.15) is 17.3 Å². The molecule has 17 heavy (non-hydrogen) atoms. The quantitative estimate of drug-likeness (QED) is 0.753. The number of ether oxygens (including phenoxy) is 1. The fourth-order valence-electron chi connectivity index (χ4n) is 1.62. The van der Waals surface area contributed by atoms with Crippen LogP contribution in [0.5, 0.6) is 0 Å². The first-order valence-corrected chi connectivity index (χ1v) is 6.32. The summed E-state index contributed by atoms with van der Waals surface area (Å²) in [5, 5.41) is 0. The van der Waals surface area contributed by atoms with E-state index >= 15 is 0 Å². The topological polar surface area (TPSA) is 46.6 Å². The van der Waals surface area contributed by atoms with Gasteiger partial charge in [0, 0.05) is 11.9 Å². The molecule has 0 saturated carbocycles. The molecular weight excluding hydrogens is 238 g/mol. The van der Waals surface area contributed by atoms with Crippen molar-refractivity contribution in [2.24, 2.45) is 0 Å². The number of anilines is 1. The zero-order chi connectivity index (χ0) is 12.4. The zero-order valence-electron chi connectivity index (χ0n) is 9.73. The standard InChI is InChI=1S/C12H13NO3S/c1-3-16-12(15)8-4-5-9-10(6-8)17-7-11(14)13(9)2/h4-6H,3,7H2,1-2H3. The van der Waals surface area contributed by atoms with Gasteiger partial charge in [-0.15, -0.1) is 11.8 Å². The number of carbonyl (C=O) groups excluding carboxylic acids is 2. The summed E-state index contributed by atoms with van der Waals surface area (Å²) in [4.78, 5) is 25.6. The fraction of sp³-hybridized carbons (Fsp3) is 0.333. The number of esters is 1. The Morgan fingerprint density at radius 2 is 2.29 bits per heavy atom. The van der Waals surface area contributed by atoms with Crippen molar-refractivity contribution in [2.75, 3.05) is 24.3 Å². The van der Waals surface area contributed by atoms with E-state index in [2.05, 4.69) is 0 Å². The van der Waals surface area contributed by atoms with Gasteiger partial charge in [-0.25, -0.2) is 4.79 Å². The maximum atomic E-state index is 11.6. The number of amides is 1. The minimum absolute atomic E-state index is 0.0754. The van der Waals surface area contributed by atoms with Crippen LogP contribution in [0.25, 0.3) is 0 Å². The molecule has 4 nitrogen and oxygen atoms in total. The molecular formula is C12H13NO3S. The van der Waals surface area contributed by atoms with Crippen molar-refractivity contribution in [3.63, 3.8) is 0 Å². The van der Waals surface area contributed by atoms with Crippen LogP contribution >= 0.6 is 11.8 Å². The summed E-state index contributed by atoms with van der Waals surface area (Å²) in [5.41, 5.74) is 1.38. The Morgan fingerprint density at radius 3 is 3.00 bits per heavy atom. The van der Waals surface area contributed by atoms with Gasteiger partial charge in [0.25, 0.3) is 0 Å². The average Bonchev–Trinajstić information content (AvgIpc) is 2.34. The van der Waals surface area contributed by atoms with Gasteiger partial charge in [0.05, 0.1) is 23.6 Å². The Morgan fingerprint density at radius 1 is 1.53 bits per heavy atom. The van der Waals surface area contributed by atoms with E-state index in [-0.39, 0.29) is 11.9 Å². The first kappa shape index (κ1) is 12.0. The number of thioether (sulfide) groups is 1. The van der Waals surface area contributed by atoms with Gasteiger partial charge < -0.3 is 9.64 Å². The predicted octanol–water partition coefficient (Wildman–Crippen LogP) is 1.93. The molecule has 0 bridgehead atoms. The molecule has 0 unspecified atom stereocenters. The largest absolute Gasteiger partial charge is 0.462 e. The van der Waals surface area contributed by atoms with Crippen LogP contribution in [0.3, 0.4) is 0 Å². The molecule has 2 rings (SSSR count). The highest BCUT2D eigenvalue weighted by molar-refractivity contribution is 8.00. The fourth-order valence-corrected chi connectivity index (χ4v) is 2.65. The molecule has 1 amide bonds. The summed E-state index contributed by atoms with van der Waals surface area (Å²) in [7, 11) is 1.74. The van der Waals surface area contributed by atoms with Gasteiger partial charge in [-0.3, -0.25) is 4.79 Å². The van der Waals surface area contributed by atoms with Gasteiger partial charge in [0.15, 0.2) is 0 Å². The lowest BCUT2D eigenvalue weighted by Gasteiger charge is -2.25. The number of rotatable bonds is 2. The Balaban J connectivity index is 2.32. The van der Waals surface area contributed by atoms with Crippen molar-refractivity contribution in [2.45, 2.75) is 11.8 Å². The van der Waals surface area contributed by atoms with Gasteiger partial charge in [-0.2, -0.15) is 0 Å². The van der Waals surface area contributed by atoms with Crippen LogP contribution in [0.2, 0.25) is 0 Å². The van der Waals surface area contributed by atoms with E-state index in [9.17, 15) is 9.59 Å². The molecule has 0 atom stereocenters. The predicted molar refractivity (Wildman–Crippen MR) is 66.5 cm³/mol. The second-order valence-corrected chi connectivity index (χ2v) is 4.66. The van der Waals surface area contributed by atoms with Gasteiger partial charge in [0.1, 0.15) is 0 Å². The summed E-state index contributed by atoms with van der Waals surface area (Å²) in [5.74, 6) is 0.164. The minimum atomic E-state index is -0.324. The van der Waals surface area contributed by atoms with Crippen molar-refractivity contribution in [3.8, 4) is 0 Å². The molecule has 90 valence electrons. The summed E-state index contributed by atoms with van der Waals surface area (Å²) < 4.78 is 4.94. The second-order valence-electron chi connectivity index (χ2n) is 3.64. The molecule has 0 aliphatic carbocycles. The van der Waals surface area contributed by atoms with Crippen LogP contribution in [-0.2, 0) is 9.53 Å². The van der Waals surface area contributed by atoms with Crippen LogP contribution < -0.4 is 4.90 Å². The normalized spacial score (nSPS) is 14.5. The van der Waals surface area contributed by atoms with E-state index in [4.69, 9.17) is 4.74 Å². The highest BCUT2D eigenvalue weighted by Crippen LogP contribution is 2.35. The highest BCUT2D eigenvalue weighted by Gasteiger charge is 2.22. The SMILES string of the molecule is CCOC(=O)c1ccc2c(c1)SCC(=O)N2C. The van der Waals surface area contributed by atoms with Crippen LogP contribution in [0.4, 0.5) is 5.69 Å². The Labute approximate surface area is 104 Å². The van der Waals surface area contributed by atoms with Crippen LogP contribution in [0.15, 0.2) is 23.1 Å². The van der Waals surface area contributed by atoms with E-state index in [0.717, 1.165) is 10.6 Å². The van der Waals surface area contributed by atoms with Crippen molar-refractivity contribution in [1.29, 1.82) is 0 Å². The van der Waals surface area contributed by atoms with Crippen LogP contribution in [0, 0.1) is 0 Å². The first-order chi connectivity index (χ1) is 8.13. The smallest absolute Gasteiger partial charge is 0.338 e. The molecule has 0 saturated heterocycles. The minimum Gasteiger partial charge on any atom is -0.462 e. The van der Waals surface area contributed by atoms with Crippen molar-refractivity contribution in [3.05, 3.63) is 23.8 Å². The third kappa shape index (κ3) is 2.29.